The Morgan fingerprint density at radius 1 is 1.00 bits per heavy atom. The zero-order valence-electron chi connectivity index (χ0n) is 17.6. The van der Waals surface area contributed by atoms with Crippen molar-refractivity contribution < 1.29 is 19.1 Å². The van der Waals surface area contributed by atoms with Gasteiger partial charge in [0.1, 0.15) is 6.04 Å². The average molecular weight is 402 g/mol. The summed E-state index contributed by atoms with van der Waals surface area (Å²) >= 11 is 0. The van der Waals surface area contributed by atoms with Gasteiger partial charge >= 0.3 is 5.97 Å². The smallest absolute Gasteiger partial charge is 0.330 e. The molecule has 7 nitrogen and oxygen atoms in total. The molecule has 2 amide bonds. The van der Waals surface area contributed by atoms with Crippen molar-refractivity contribution in [1.82, 2.24) is 9.80 Å². The molecule has 1 heterocycles. The van der Waals surface area contributed by atoms with Crippen LogP contribution in [0.1, 0.15) is 42.5 Å². The molecule has 1 aliphatic heterocycles. The first-order chi connectivity index (χ1) is 13.9. The molecule has 0 bridgehead atoms. The summed E-state index contributed by atoms with van der Waals surface area (Å²) in [5.41, 5.74) is 1.59. The second-order valence-electron chi connectivity index (χ2n) is 8.10. The van der Waals surface area contributed by atoms with Gasteiger partial charge in [-0.05, 0) is 37.1 Å². The van der Waals surface area contributed by atoms with Crippen LogP contribution >= 0.6 is 0 Å². The van der Waals surface area contributed by atoms with E-state index >= 15 is 0 Å². The van der Waals surface area contributed by atoms with E-state index in [1.807, 2.05) is 31.1 Å². The fourth-order valence-electron chi connectivity index (χ4n) is 4.24. The maximum Gasteiger partial charge on any atom is 0.330 e. The highest BCUT2D eigenvalue weighted by atomic mass is 16.5. The van der Waals surface area contributed by atoms with Crippen molar-refractivity contribution in [1.29, 1.82) is 0 Å². The van der Waals surface area contributed by atoms with Crippen molar-refractivity contribution >= 4 is 23.5 Å². The highest BCUT2D eigenvalue weighted by Gasteiger charge is 2.40. The number of amides is 2. The van der Waals surface area contributed by atoms with Gasteiger partial charge in [-0.2, -0.15) is 0 Å². The summed E-state index contributed by atoms with van der Waals surface area (Å²) in [6.07, 6.45) is 5.04. The molecule has 29 heavy (non-hydrogen) atoms. The topological polar surface area (TPSA) is 70.2 Å². The molecule has 0 N–H and O–H groups in total. The van der Waals surface area contributed by atoms with Crippen LogP contribution in [-0.4, -0.2) is 74.5 Å². The zero-order chi connectivity index (χ0) is 21.0. The van der Waals surface area contributed by atoms with Gasteiger partial charge < -0.3 is 19.4 Å². The highest BCUT2D eigenvalue weighted by molar-refractivity contribution is 5.95. The third kappa shape index (κ3) is 4.71. The van der Waals surface area contributed by atoms with Crippen LogP contribution in [-0.2, 0) is 14.3 Å². The minimum Gasteiger partial charge on any atom is -0.467 e. The minimum absolute atomic E-state index is 0.0169. The Morgan fingerprint density at radius 3 is 2.24 bits per heavy atom. The zero-order valence-corrected chi connectivity index (χ0v) is 17.6. The van der Waals surface area contributed by atoms with Gasteiger partial charge in [-0.1, -0.05) is 19.3 Å². The molecule has 0 spiro atoms. The first-order valence-electron chi connectivity index (χ1n) is 10.4. The number of carbonyl (C=O) groups excluding carboxylic acids is 3. The molecule has 1 atom stereocenters. The predicted molar refractivity (Wildman–Crippen MR) is 111 cm³/mol. The largest absolute Gasteiger partial charge is 0.467 e. The van der Waals surface area contributed by atoms with E-state index in [-0.39, 0.29) is 24.3 Å². The standard InChI is InChI=1S/C22H31N3O4/c1-23(2)18-11-9-17(10-12-18)20(26)24-13-14-25(19(15-24)22(28)29-3)21(27)16-7-5-4-6-8-16/h9-12,16,19H,4-8,13-15H2,1-3H3/t19-/m1/s1. The number of nitrogens with zero attached hydrogens (tertiary/aromatic N) is 3. The molecule has 0 unspecified atom stereocenters. The number of hydrogen-bond donors (Lipinski definition) is 0. The van der Waals surface area contributed by atoms with Gasteiger partial charge in [-0.3, -0.25) is 9.59 Å². The van der Waals surface area contributed by atoms with Gasteiger partial charge in [0.2, 0.25) is 5.91 Å². The van der Waals surface area contributed by atoms with Crippen LogP contribution in [0.2, 0.25) is 0 Å². The molecule has 1 aliphatic carbocycles. The number of carbonyl (C=O) groups is 3. The maximum absolute atomic E-state index is 13.0. The van der Waals surface area contributed by atoms with E-state index in [2.05, 4.69) is 0 Å². The number of esters is 1. The Kier molecular flexibility index (Phi) is 6.77. The number of piperazine rings is 1. The summed E-state index contributed by atoms with van der Waals surface area (Å²) in [7, 11) is 5.22. The summed E-state index contributed by atoms with van der Waals surface area (Å²) in [5, 5.41) is 0. The number of hydrogen-bond acceptors (Lipinski definition) is 5. The van der Waals surface area contributed by atoms with E-state index in [1.165, 1.54) is 13.5 Å². The van der Waals surface area contributed by atoms with Crippen molar-refractivity contribution in [2.75, 3.05) is 45.7 Å². The number of rotatable bonds is 4. The third-order valence-corrected chi connectivity index (χ3v) is 6.01. The Hall–Kier alpha value is -2.57. The number of anilines is 1. The average Bonchev–Trinajstić information content (AvgIpc) is 2.77. The van der Waals surface area contributed by atoms with Crippen molar-refractivity contribution in [3.8, 4) is 0 Å². The summed E-state index contributed by atoms with van der Waals surface area (Å²) in [5.74, 6) is -0.581. The van der Waals surface area contributed by atoms with Crippen LogP contribution in [0.3, 0.4) is 0 Å². The van der Waals surface area contributed by atoms with Crippen LogP contribution in [0.15, 0.2) is 24.3 Å². The molecular formula is C22H31N3O4. The first kappa shape index (κ1) is 21.1. The molecule has 2 fully saturated rings. The van der Waals surface area contributed by atoms with Gasteiger partial charge in [0, 0.05) is 44.4 Å². The maximum atomic E-state index is 13.0. The Bertz CT molecular complexity index is 741. The normalized spacial score (nSPS) is 20.3. The lowest BCUT2D eigenvalue weighted by Gasteiger charge is -2.41. The molecular weight excluding hydrogens is 370 g/mol. The predicted octanol–water partition coefficient (Wildman–Crippen LogP) is 2.16. The van der Waals surface area contributed by atoms with E-state index in [4.69, 9.17) is 4.74 Å². The van der Waals surface area contributed by atoms with Gasteiger partial charge in [-0.25, -0.2) is 4.79 Å². The molecule has 0 radical (unpaired) electrons. The summed E-state index contributed by atoms with van der Waals surface area (Å²) < 4.78 is 4.96. The summed E-state index contributed by atoms with van der Waals surface area (Å²) in [6, 6.07) is 6.64. The van der Waals surface area contributed by atoms with Gasteiger partial charge in [0.15, 0.2) is 0 Å². The lowest BCUT2D eigenvalue weighted by atomic mass is 9.87. The van der Waals surface area contributed by atoms with Crippen molar-refractivity contribution in [3.63, 3.8) is 0 Å². The monoisotopic (exact) mass is 401 g/mol. The number of benzene rings is 1. The second-order valence-corrected chi connectivity index (χ2v) is 8.10. The van der Waals surface area contributed by atoms with E-state index < -0.39 is 12.0 Å². The molecule has 1 saturated heterocycles. The third-order valence-electron chi connectivity index (χ3n) is 6.01. The van der Waals surface area contributed by atoms with Crippen molar-refractivity contribution in [2.45, 2.75) is 38.1 Å². The molecule has 3 rings (SSSR count). The van der Waals surface area contributed by atoms with Crippen LogP contribution in [0.25, 0.3) is 0 Å². The molecule has 2 aliphatic rings. The SMILES string of the molecule is COC(=O)[C@H]1CN(C(=O)c2ccc(N(C)C)cc2)CCN1C(=O)C1CCCCC1. The van der Waals surface area contributed by atoms with Crippen LogP contribution in [0.4, 0.5) is 5.69 Å². The molecule has 0 aromatic heterocycles. The van der Waals surface area contributed by atoms with Crippen molar-refractivity contribution in [2.24, 2.45) is 5.92 Å². The summed E-state index contributed by atoms with van der Waals surface area (Å²) in [6.45, 7) is 0.941. The van der Waals surface area contributed by atoms with Gasteiger partial charge in [0.25, 0.3) is 5.91 Å². The van der Waals surface area contributed by atoms with Crippen LogP contribution in [0.5, 0.6) is 0 Å². The summed E-state index contributed by atoms with van der Waals surface area (Å²) in [4.78, 5) is 43.7. The fourth-order valence-corrected chi connectivity index (χ4v) is 4.24. The van der Waals surface area contributed by atoms with Crippen LogP contribution in [0, 0.1) is 5.92 Å². The Labute approximate surface area is 172 Å². The number of ether oxygens (including phenoxy) is 1. The molecule has 158 valence electrons. The minimum atomic E-state index is -0.742. The number of methoxy groups -OCH3 is 1. The highest BCUT2D eigenvalue weighted by Crippen LogP contribution is 2.27. The fraction of sp³-hybridized carbons (Fsp3) is 0.591. The van der Waals surface area contributed by atoms with Gasteiger partial charge in [0.05, 0.1) is 13.7 Å². The quantitative estimate of drug-likeness (QED) is 0.723. The van der Waals surface area contributed by atoms with Crippen molar-refractivity contribution in [3.05, 3.63) is 29.8 Å². The van der Waals surface area contributed by atoms with E-state index in [1.54, 1.807) is 21.9 Å². The first-order valence-corrected chi connectivity index (χ1v) is 10.4. The lowest BCUT2D eigenvalue weighted by Crippen LogP contribution is -2.60. The second kappa shape index (κ2) is 9.29. The Balaban J connectivity index is 1.72. The molecule has 1 aromatic rings. The molecule has 7 heteroatoms. The van der Waals surface area contributed by atoms with E-state index in [0.29, 0.717) is 18.7 Å². The lowest BCUT2D eigenvalue weighted by molar-refractivity contribution is -0.157. The van der Waals surface area contributed by atoms with Gasteiger partial charge in [-0.15, -0.1) is 0 Å². The molecule has 1 saturated carbocycles. The van der Waals surface area contributed by atoms with E-state index in [0.717, 1.165) is 31.4 Å². The van der Waals surface area contributed by atoms with Crippen LogP contribution < -0.4 is 4.90 Å². The Morgan fingerprint density at radius 2 is 1.66 bits per heavy atom. The molecule has 1 aromatic carbocycles. The van der Waals surface area contributed by atoms with E-state index in [9.17, 15) is 14.4 Å².